The molecule has 0 amide bonds. The number of hydrogen-bond donors (Lipinski definition) is 2. The van der Waals surface area contributed by atoms with Crippen molar-refractivity contribution in [2.24, 2.45) is 0 Å². The highest BCUT2D eigenvalue weighted by molar-refractivity contribution is 5.85. The predicted octanol–water partition coefficient (Wildman–Crippen LogP) is 2.64. The lowest BCUT2D eigenvalue weighted by atomic mass is 9.97. The Kier molecular flexibility index (Phi) is 2.80. The monoisotopic (exact) mass is 285 g/mol. The maximum Gasteiger partial charge on any atom is 0.126 e. The first-order valence-corrected chi connectivity index (χ1v) is 7.35. The summed E-state index contributed by atoms with van der Waals surface area (Å²) < 4.78 is 5.26. The molecule has 1 fully saturated rings. The number of aryl methyl sites for hydroxylation is 1. The molecule has 1 aromatic carbocycles. The minimum atomic E-state index is 0.198. The minimum Gasteiger partial charge on any atom is -0.413 e. The first kappa shape index (κ1) is 12.9. The van der Waals surface area contributed by atoms with E-state index < -0.39 is 0 Å². The van der Waals surface area contributed by atoms with Crippen LogP contribution in [0.5, 0.6) is 0 Å². The summed E-state index contributed by atoms with van der Waals surface area (Å²) in [5.41, 5.74) is 8.74. The maximum absolute atomic E-state index is 5.44. The fourth-order valence-electron chi connectivity index (χ4n) is 3.10. The lowest BCUT2D eigenvalue weighted by Crippen LogP contribution is -2.26. The zero-order valence-corrected chi connectivity index (χ0v) is 12.5. The van der Waals surface area contributed by atoms with Gasteiger partial charge < -0.3 is 14.6 Å². The lowest BCUT2D eigenvalue weighted by molar-refractivity contribution is 0.00531. The first-order valence-electron chi connectivity index (χ1n) is 7.35. The number of aromatic amines is 1. The number of H-pyrrole nitrogens is 1. The molecule has 5 heteroatoms. The molecule has 0 saturated carbocycles. The molecule has 2 aliphatic heterocycles. The van der Waals surface area contributed by atoms with E-state index in [0.717, 1.165) is 35.8 Å². The number of benzene rings is 1. The third-order valence-electron chi connectivity index (χ3n) is 4.33. The van der Waals surface area contributed by atoms with Gasteiger partial charge in [0.15, 0.2) is 0 Å². The van der Waals surface area contributed by atoms with E-state index in [1.165, 1.54) is 16.7 Å². The number of allylic oxidation sites excluding steroid dienone is 1. The molecule has 0 spiro atoms. The number of imidazole rings is 1. The van der Waals surface area contributed by atoms with Gasteiger partial charge in [-0.05, 0) is 44.0 Å². The summed E-state index contributed by atoms with van der Waals surface area (Å²) in [6.45, 7) is 7.75. The van der Waals surface area contributed by atoms with Gasteiger partial charge in [-0.15, -0.1) is 5.48 Å². The van der Waals surface area contributed by atoms with E-state index in [0.29, 0.717) is 5.92 Å². The molecule has 0 aliphatic carbocycles. The Morgan fingerprint density at radius 2 is 2.05 bits per heavy atom. The molecule has 21 heavy (non-hydrogen) atoms. The van der Waals surface area contributed by atoms with Crippen molar-refractivity contribution in [3.63, 3.8) is 0 Å². The van der Waals surface area contributed by atoms with E-state index in [1.54, 1.807) is 0 Å². The summed E-state index contributed by atoms with van der Waals surface area (Å²) in [5, 5.41) is 0. The Bertz CT molecular complexity index is 743. The Hall–Kier alpha value is -1.85. The maximum atomic E-state index is 5.44. The van der Waals surface area contributed by atoms with E-state index in [-0.39, 0.29) is 6.04 Å². The number of hydrogen-bond acceptors (Lipinski definition) is 4. The van der Waals surface area contributed by atoms with Crippen LogP contribution in [0.15, 0.2) is 17.9 Å². The van der Waals surface area contributed by atoms with Gasteiger partial charge in [-0.2, -0.15) is 0 Å². The van der Waals surface area contributed by atoms with Crippen LogP contribution in [0.4, 0.5) is 0 Å². The molecule has 3 heterocycles. The predicted molar refractivity (Wildman–Crippen MR) is 80.7 cm³/mol. The molecule has 1 unspecified atom stereocenters. The molecule has 4 rings (SSSR count). The number of fused-ring (bicyclic) bond motifs is 1. The fourth-order valence-corrected chi connectivity index (χ4v) is 3.10. The quantitative estimate of drug-likeness (QED) is 0.890. The van der Waals surface area contributed by atoms with Crippen molar-refractivity contribution in [3.05, 3.63) is 34.8 Å². The van der Waals surface area contributed by atoms with E-state index in [9.17, 15) is 0 Å². The molecule has 2 N–H and O–H groups in total. The largest absolute Gasteiger partial charge is 0.413 e. The van der Waals surface area contributed by atoms with Gasteiger partial charge in [0.2, 0.25) is 0 Å². The fraction of sp³-hybridized carbons (Fsp3) is 0.438. The third-order valence-corrected chi connectivity index (χ3v) is 4.33. The van der Waals surface area contributed by atoms with Crippen molar-refractivity contribution >= 4 is 16.6 Å². The number of nitrogens with zero attached hydrogens (tertiary/aromatic N) is 1. The van der Waals surface area contributed by atoms with E-state index in [4.69, 9.17) is 14.6 Å². The molecule has 1 atom stereocenters. The average Bonchev–Trinajstić information content (AvgIpc) is 2.91. The van der Waals surface area contributed by atoms with Crippen molar-refractivity contribution < 1.29 is 9.57 Å². The van der Waals surface area contributed by atoms with Crippen molar-refractivity contribution in [2.45, 2.75) is 32.7 Å². The van der Waals surface area contributed by atoms with Gasteiger partial charge in [-0.25, -0.2) is 4.98 Å². The van der Waals surface area contributed by atoms with Gasteiger partial charge in [-0.3, -0.25) is 0 Å². The summed E-state index contributed by atoms with van der Waals surface area (Å²) in [5.74, 6) is 2.39. The highest BCUT2D eigenvalue weighted by Gasteiger charge is 2.26. The Balaban J connectivity index is 1.83. The second-order valence-corrected chi connectivity index (χ2v) is 5.96. The average molecular weight is 285 g/mol. The van der Waals surface area contributed by atoms with Gasteiger partial charge in [0, 0.05) is 5.57 Å². The van der Waals surface area contributed by atoms with Crippen LogP contribution in [0.2, 0.25) is 0 Å². The SMILES string of the molecule is CC1=C(c2cc(C)c3nc(C4COC4)[nH]c3c2)C(C)NO1. The number of rotatable bonds is 2. The Labute approximate surface area is 123 Å². The summed E-state index contributed by atoms with van der Waals surface area (Å²) in [6.07, 6.45) is 0. The standard InChI is InChI=1S/C16H19N3O2/c1-8-4-11(14-9(2)19-21-10(14)3)5-13-15(8)18-16(17-13)12-6-20-7-12/h4-5,9,12,19H,6-7H2,1-3H3,(H,17,18). The van der Waals surface area contributed by atoms with Crippen molar-refractivity contribution in [2.75, 3.05) is 13.2 Å². The van der Waals surface area contributed by atoms with Gasteiger partial charge in [0.25, 0.3) is 0 Å². The summed E-state index contributed by atoms with van der Waals surface area (Å²) >= 11 is 0. The normalized spacial score (nSPS) is 22.7. The number of hydroxylamine groups is 1. The zero-order chi connectivity index (χ0) is 14.6. The van der Waals surface area contributed by atoms with Crippen molar-refractivity contribution in [1.29, 1.82) is 0 Å². The summed E-state index contributed by atoms with van der Waals surface area (Å²) in [4.78, 5) is 13.6. The van der Waals surface area contributed by atoms with Gasteiger partial charge in [-0.1, -0.05) is 0 Å². The molecule has 110 valence electrons. The van der Waals surface area contributed by atoms with Crippen LogP contribution < -0.4 is 5.48 Å². The Morgan fingerprint density at radius 3 is 2.67 bits per heavy atom. The van der Waals surface area contributed by atoms with Gasteiger partial charge in [0.05, 0.1) is 36.2 Å². The van der Waals surface area contributed by atoms with Crippen LogP contribution in [-0.2, 0) is 9.57 Å². The molecule has 2 aromatic rings. The minimum absolute atomic E-state index is 0.198. The van der Waals surface area contributed by atoms with Crippen LogP contribution in [-0.4, -0.2) is 29.2 Å². The second-order valence-electron chi connectivity index (χ2n) is 5.96. The molecular weight excluding hydrogens is 266 g/mol. The van der Waals surface area contributed by atoms with E-state index in [2.05, 4.69) is 36.4 Å². The van der Waals surface area contributed by atoms with Gasteiger partial charge in [0.1, 0.15) is 11.6 Å². The van der Waals surface area contributed by atoms with Crippen LogP contribution >= 0.6 is 0 Å². The van der Waals surface area contributed by atoms with Crippen molar-refractivity contribution in [3.8, 4) is 0 Å². The zero-order valence-electron chi connectivity index (χ0n) is 12.5. The highest BCUT2D eigenvalue weighted by Crippen LogP contribution is 2.32. The molecule has 1 saturated heterocycles. The van der Waals surface area contributed by atoms with Crippen molar-refractivity contribution in [1.82, 2.24) is 15.4 Å². The molecule has 0 radical (unpaired) electrons. The third kappa shape index (κ3) is 1.96. The van der Waals surface area contributed by atoms with E-state index >= 15 is 0 Å². The molecule has 5 nitrogen and oxygen atoms in total. The molecule has 2 aliphatic rings. The number of nitrogens with one attached hydrogen (secondary N) is 2. The first-order chi connectivity index (χ1) is 10.1. The smallest absolute Gasteiger partial charge is 0.126 e. The van der Waals surface area contributed by atoms with Crippen LogP contribution in [0, 0.1) is 6.92 Å². The van der Waals surface area contributed by atoms with Crippen LogP contribution in [0.25, 0.3) is 16.6 Å². The summed E-state index contributed by atoms with van der Waals surface area (Å²) in [6, 6.07) is 4.56. The highest BCUT2D eigenvalue weighted by atomic mass is 16.7. The van der Waals surface area contributed by atoms with Crippen LogP contribution in [0.3, 0.4) is 0 Å². The lowest BCUT2D eigenvalue weighted by Gasteiger charge is -2.23. The number of aromatic nitrogens is 2. The molecular formula is C16H19N3O2. The topological polar surface area (TPSA) is 59.2 Å². The number of ether oxygens (including phenoxy) is 1. The van der Waals surface area contributed by atoms with Gasteiger partial charge >= 0.3 is 0 Å². The molecule has 1 aromatic heterocycles. The van der Waals surface area contributed by atoms with Crippen LogP contribution in [0.1, 0.15) is 36.7 Å². The Morgan fingerprint density at radius 1 is 1.24 bits per heavy atom. The van der Waals surface area contributed by atoms with E-state index in [1.807, 2.05) is 6.92 Å². The second kappa shape index (κ2) is 4.58. The summed E-state index contributed by atoms with van der Waals surface area (Å²) in [7, 11) is 0. The molecule has 0 bridgehead atoms.